The molecule has 82 valence electrons. The Hall–Kier alpha value is -1.20. The van der Waals surface area contributed by atoms with E-state index in [2.05, 4.69) is 15.3 Å². The third kappa shape index (κ3) is 4.22. The Morgan fingerprint density at radius 1 is 1.53 bits per heavy atom. The standard InChI is InChI=1S/C9H13ClN4O/c1-6-4-7(10)12-9(11-6)13-8(15)5-14(2)3/h4H,5H2,1-3H3,(H,11,12,13,15). The SMILES string of the molecule is Cc1cc(Cl)nc(NC(=O)CN(C)C)n1. The van der Waals surface area contributed by atoms with Crippen LogP contribution in [0.5, 0.6) is 0 Å². The second kappa shape index (κ2) is 5.04. The van der Waals surface area contributed by atoms with Gasteiger partial charge in [0.2, 0.25) is 11.9 Å². The summed E-state index contributed by atoms with van der Waals surface area (Å²) in [5.74, 6) is 0.0773. The lowest BCUT2D eigenvalue weighted by Crippen LogP contribution is -2.27. The zero-order chi connectivity index (χ0) is 11.4. The number of rotatable bonds is 3. The minimum Gasteiger partial charge on any atom is -0.301 e. The zero-order valence-corrected chi connectivity index (χ0v) is 9.67. The van der Waals surface area contributed by atoms with Crippen LogP contribution >= 0.6 is 11.6 Å². The number of nitrogens with one attached hydrogen (secondary N) is 1. The summed E-state index contributed by atoms with van der Waals surface area (Å²) in [6, 6.07) is 1.63. The van der Waals surface area contributed by atoms with Crippen molar-refractivity contribution in [3.05, 3.63) is 16.9 Å². The minimum absolute atomic E-state index is 0.165. The summed E-state index contributed by atoms with van der Waals surface area (Å²) in [5.41, 5.74) is 0.718. The molecular weight excluding hydrogens is 216 g/mol. The van der Waals surface area contributed by atoms with Crippen molar-refractivity contribution in [1.29, 1.82) is 0 Å². The summed E-state index contributed by atoms with van der Waals surface area (Å²) in [5, 5.41) is 2.89. The molecule has 0 radical (unpaired) electrons. The molecule has 0 bridgehead atoms. The van der Waals surface area contributed by atoms with E-state index >= 15 is 0 Å². The normalized spacial score (nSPS) is 10.5. The monoisotopic (exact) mass is 228 g/mol. The molecule has 0 fully saturated rings. The highest BCUT2D eigenvalue weighted by molar-refractivity contribution is 6.29. The highest BCUT2D eigenvalue weighted by atomic mass is 35.5. The molecule has 1 rings (SSSR count). The van der Waals surface area contributed by atoms with E-state index in [1.165, 1.54) is 0 Å². The van der Waals surface area contributed by atoms with Crippen LogP contribution in [0.25, 0.3) is 0 Å². The molecule has 0 aromatic carbocycles. The van der Waals surface area contributed by atoms with Crippen molar-refractivity contribution in [2.24, 2.45) is 0 Å². The molecule has 5 nitrogen and oxygen atoms in total. The van der Waals surface area contributed by atoms with Crippen molar-refractivity contribution in [2.75, 3.05) is 26.0 Å². The van der Waals surface area contributed by atoms with Gasteiger partial charge in [0.05, 0.1) is 6.54 Å². The van der Waals surface area contributed by atoms with Crippen LogP contribution in [0.3, 0.4) is 0 Å². The van der Waals surface area contributed by atoms with Crippen molar-refractivity contribution in [3.8, 4) is 0 Å². The number of likely N-dealkylation sites (N-methyl/N-ethyl adjacent to an activating group) is 1. The molecule has 0 saturated heterocycles. The number of aryl methyl sites for hydroxylation is 1. The molecule has 1 N–H and O–H groups in total. The van der Waals surface area contributed by atoms with Gasteiger partial charge in [-0.15, -0.1) is 0 Å². The number of nitrogens with zero attached hydrogens (tertiary/aromatic N) is 3. The van der Waals surface area contributed by atoms with E-state index in [-0.39, 0.29) is 18.4 Å². The molecule has 6 heteroatoms. The lowest BCUT2D eigenvalue weighted by Gasteiger charge is -2.09. The summed E-state index contributed by atoms with van der Waals surface area (Å²) in [4.78, 5) is 21.0. The second-order valence-corrected chi connectivity index (χ2v) is 3.83. The minimum atomic E-state index is -0.165. The molecule has 0 atom stereocenters. The third-order valence-corrected chi connectivity index (χ3v) is 1.73. The largest absolute Gasteiger partial charge is 0.301 e. The number of hydrogen-bond acceptors (Lipinski definition) is 4. The van der Waals surface area contributed by atoms with E-state index < -0.39 is 0 Å². The van der Waals surface area contributed by atoms with Crippen LogP contribution in [0.4, 0.5) is 5.95 Å². The van der Waals surface area contributed by atoms with Gasteiger partial charge in [0.1, 0.15) is 5.15 Å². The number of hydrogen-bond donors (Lipinski definition) is 1. The lowest BCUT2D eigenvalue weighted by molar-refractivity contribution is -0.116. The fourth-order valence-electron chi connectivity index (χ4n) is 1.04. The van der Waals surface area contributed by atoms with Crippen LogP contribution in [-0.4, -0.2) is 41.4 Å². The van der Waals surface area contributed by atoms with Crippen LogP contribution in [-0.2, 0) is 4.79 Å². The van der Waals surface area contributed by atoms with Gasteiger partial charge in [-0.3, -0.25) is 10.1 Å². The summed E-state index contributed by atoms with van der Waals surface area (Å²) in [6.45, 7) is 2.07. The second-order valence-electron chi connectivity index (χ2n) is 3.44. The van der Waals surface area contributed by atoms with Gasteiger partial charge in [-0.25, -0.2) is 9.97 Å². The van der Waals surface area contributed by atoms with Crippen LogP contribution in [0.15, 0.2) is 6.07 Å². The molecule has 0 saturated carbocycles. The van der Waals surface area contributed by atoms with Crippen molar-refractivity contribution < 1.29 is 4.79 Å². The maximum absolute atomic E-state index is 11.4. The van der Waals surface area contributed by atoms with Gasteiger partial charge in [-0.05, 0) is 27.1 Å². The van der Waals surface area contributed by atoms with E-state index in [1.54, 1.807) is 17.9 Å². The maximum Gasteiger partial charge on any atom is 0.240 e. The smallest absolute Gasteiger partial charge is 0.240 e. The van der Waals surface area contributed by atoms with Crippen LogP contribution in [0.2, 0.25) is 5.15 Å². The Kier molecular flexibility index (Phi) is 3.99. The van der Waals surface area contributed by atoms with E-state index in [4.69, 9.17) is 11.6 Å². The highest BCUT2D eigenvalue weighted by Gasteiger charge is 2.06. The van der Waals surface area contributed by atoms with Crippen molar-refractivity contribution in [2.45, 2.75) is 6.92 Å². The van der Waals surface area contributed by atoms with Gasteiger partial charge in [-0.1, -0.05) is 11.6 Å². The average Bonchev–Trinajstić information content (AvgIpc) is 1.98. The lowest BCUT2D eigenvalue weighted by atomic mass is 10.4. The van der Waals surface area contributed by atoms with Crippen LogP contribution in [0.1, 0.15) is 5.69 Å². The predicted molar refractivity (Wildman–Crippen MR) is 59.0 cm³/mol. The Bertz CT molecular complexity index is 347. The van der Waals surface area contributed by atoms with Gasteiger partial charge >= 0.3 is 0 Å². The first-order chi connectivity index (χ1) is 6.97. The summed E-state index contributed by atoms with van der Waals surface area (Å²) in [6.07, 6.45) is 0. The molecular formula is C9H13ClN4O. The topological polar surface area (TPSA) is 58.1 Å². The number of halogens is 1. The summed E-state index contributed by atoms with van der Waals surface area (Å²) < 4.78 is 0. The van der Waals surface area contributed by atoms with Crippen molar-refractivity contribution in [1.82, 2.24) is 14.9 Å². The number of anilines is 1. The van der Waals surface area contributed by atoms with Crippen LogP contribution in [0, 0.1) is 6.92 Å². The first-order valence-electron chi connectivity index (χ1n) is 4.43. The summed E-state index contributed by atoms with van der Waals surface area (Å²) >= 11 is 5.73. The van der Waals surface area contributed by atoms with Gasteiger partial charge in [0.25, 0.3) is 0 Å². The average molecular weight is 229 g/mol. The van der Waals surface area contributed by atoms with Gasteiger partial charge in [0.15, 0.2) is 0 Å². The summed E-state index contributed by atoms with van der Waals surface area (Å²) in [7, 11) is 3.62. The number of carbonyl (C=O) groups is 1. The molecule has 0 aliphatic heterocycles. The fourth-order valence-corrected chi connectivity index (χ4v) is 1.28. The molecule has 0 aliphatic carbocycles. The van der Waals surface area contributed by atoms with E-state index in [1.807, 2.05) is 14.1 Å². The Morgan fingerprint density at radius 2 is 2.20 bits per heavy atom. The van der Waals surface area contributed by atoms with E-state index in [0.29, 0.717) is 5.15 Å². The van der Waals surface area contributed by atoms with Crippen molar-refractivity contribution in [3.63, 3.8) is 0 Å². The first kappa shape index (κ1) is 11.9. The molecule has 1 aromatic heterocycles. The number of amides is 1. The number of carbonyl (C=O) groups excluding carboxylic acids is 1. The molecule has 15 heavy (non-hydrogen) atoms. The predicted octanol–water partition coefficient (Wildman–Crippen LogP) is 0.939. The van der Waals surface area contributed by atoms with Gasteiger partial charge < -0.3 is 4.90 Å². The van der Waals surface area contributed by atoms with Gasteiger partial charge in [0, 0.05) is 5.69 Å². The van der Waals surface area contributed by atoms with Crippen molar-refractivity contribution >= 4 is 23.5 Å². The Balaban J connectivity index is 2.68. The molecule has 0 spiro atoms. The maximum atomic E-state index is 11.4. The van der Waals surface area contributed by atoms with E-state index in [0.717, 1.165) is 5.69 Å². The molecule has 1 amide bonds. The molecule has 1 aromatic rings. The molecule has 0 unspecified atom stereocenters. The Morgan fingerprint density at radius 3 is 2.73 bits per heavy atom. The number of aromatic nitrogens is 2. The fraction of sp³-hybridized carbons (Fsp3) is 0.444. The third-order valence-electron chi connectivity index (χ3n) is 1.53. The molecule has 1 heterocycles. The zero-order valence-electron chi connectivity index (χ0n) is 8.91. The first-order valence-corrected chi connectivity index (χ1v) is 4.81. The highest BCUT2D eigenvalue weighted by Crippen LogP contribution is 2.09. The van der Waals surface area contributed by atoms with Crippen LogP contribution < -0.4 is 5.32 Å². The quantitative estimate of drug-likeness (QED) is 0.783. The van der Waals surface area contributed by atoms with E-state index in [9.17, 15) is 4.79 Å². The Labute approximate surface area is 93.5 Å². The van der Waals surface area contributed by atoms with Gasteiger partial charge in [-0.2, -0.15) is 0 Å². The molecule has 0 aliphatic rings.